The van der Waals surface area contributed by atoms with Crippen LogP contribution in [0, 0.1) is 5.82 Å². The van der Waals surface area contributed by atoms with E-state index in [2.05, 4.69) is 37.5 Å². The summed E-state index contributed by atoms with van der Waals surface area (Å²) in [7, 11) is 0. The van der Waals surface area contributed by atoms with Crippen LogP contribution in [0.2, 0.25) is 5.02 Å². The van der Waals surface area contributed by atoms with Crippen molar-refractivity contribution in [1.82, 2.24) is 19.9 Å². The van der Waals surface area contributed by atoms with Crippen LogP contribution in [0.5, 0.6) is 0 Å². The molecule has 1 aliphatic rings. The number of fused-ring (bicyclic) bond motifs is 1. The molecular formula is C17H18ClFN6O. The van der Waals surface area contributed by atoms with Gasteiger partial charge in [0.2, 0.25) is 11.9 Å². The Balaban J connectivity index is 1.55. The number of hydrogen-bond donors (Lipinski definition) is 3. The second kappa shape index (κ2) is 6.69. The summed E-state index contributed by atoms with van der Waals surface area (Å²) >= 11 is 5.87. The monoisotopic (exact) mass is 376 g/mol. The SMILES string of the molecule is CC1(Nc2ncc3[nH]c(Nc4cc(F)cc(Cl)c4)nc3n2)CCOCC1. The molecule has 0 radical (unpaired) electrons. The largest absolute Gasteiger partial charge is 0.381 e. The van der Waals surface area contributed by atoms with E-state index in [-0.39, 0.29) is 5.54 Å². The predicted molar refractivity (Wildman–Crippen MR) is 98.5 cm³/mol. The zero-order valence-corrected chi connectivity index (χ0v) is 14.9. The van der Waals surface area contributed by atoms with Crippen molar-refractivity contribution in [2.24, 2.45) is 0 Å². The van der Waals surface area contributed by atoms with Gasteiger partial charge in [0.15, 0.2) is 5.65 Å². The molecule has 0 bridgehead atoms. The molecule has 9 heteroatoms. The number of aromatic amines is 1. The molecule has 2 aromatic heterocycles. The number of halogens is 2. The van der Waals surface area contributed by atoms with Gasteiger partial charge in [-0.15, -0.1) is 0 Å². The van der Waals surface area contributed by atoms with Crippen molar-refractivity contribution in [3.05, 3.63) is 35.2 Å². The third-order valence-corrected chi connectivity index (χ3v) is 4.59. The average molecular weight is 377 g/mol. The number of nitrogens with zero attached hydrogens (tertiary/aromatic N) is 3. The van der Waals surface area contributed by atoms with Gasteiger partial charge in [0, 0.05) is 29.5 Å². The van der Waals surface area contributed by atoms with E-state index in [9.17, 15) is 4.39 Å². The summed E-state index contributed by atoms with van der Waals surface area (Å²) < 4.78 is 18.9. The van der Waals surface area contributed by atoms with E-state index in [1.807, 2.05) is 0 Å². The van der Waals surface area contributed by atoms with Crippen molar-refractivity contribution >= 4 is 40.3 Å². The molecule has 1 aliphatic heterocycles. The van der Waals surface area contributed by atoms with Crippen LogP contribution < -0.4 is 10.6 Å². The normalized spacial score (nSPS) is 16.6. The summed E-state index contributed by atoms with van der Waals surface area (Å²) in [5.41, 5.74) is 1.60. The number of imidazole rings is 1. The maximum atomic E-state index is 13.5. The second-order valence-electron chi connectivity index (χ2n) is 6.60. The molecule has 0 saturated carbocycles. The molecule has 0 aliphatic carbocycles. The fourth-order valence-corrected chi connectivity index (χ4v) is 3.13. The third-order valence-electron chi connectivity index (χ3n) is 4.37. The molecule has 0 amide bonds. The van der Waals surface area contributed by atoms with Crippen LogP contribution in [0.15, 0.2) is 24.4 Å². The van der Waals surface area contributed by atoms with Crippen LogP contribution in [-0.2, 0) is 4.74 Å². The Morgan fingerprint density at radius 1 is 1.23 bits per heavy atom. The van der Waals surface area contributed by atoms with Crippen molar-refractivity contribution < 1.29 is 9.13 Å². The number of H-pyrrole nitrogens is 1. The molecule has 136 valence electrons. The highest BCUT2D eigenvalue weighted by atomic mass is 35.5. The molecule has 0 spiro atoms. The lowest BCUT2D eigenvalue weighted by atomic mass is 9.93. The van der Waals surface area contributed by atoms with Gasteiger partial charge in [-0.3, -0.25) is 0 Å². The molecule has 1 fully saturated rings. The summed E-state index contributed by atoms with van der Waals surface area (Å²) in [5, 5.41) is 6.67. The number of nitrogens with one attached hydrogen (secondary N) is 3. The molecule has 4 rings (SSSR count). The van der Waals surface area contributed by atoms with Crippen LogP contribution in [0.3, 0.4) is 0 Å². The highest BCUT2D eigenvalue weighted by molar-refractivity contribution is 6.30. The van der Waals surface area contributed by atoms with Crippen molar-refractivity contribution in [3.63, 3.8) is 0 Å². The van der Waals surface area contributed by atoms with Gasteiger partial charge in [0.05, 0.1) is 6.20 Å². The molecule has 3 heterocycles. The minimum atomic E-state index is -0.424. The van der Waals surface area contributed by atoms with Crippen molar-refractivity contribution in [2.75, 3.05) is 23.8 Å². The van der Waals surface area contributed by atoms with E-state index in [0.29, 0.717) is 33.8 Å². The first-order chi connectivity index (χ1) is 12.5. The molecule has 0 atom stereocenters. The van der Waals surface area contributed by atoms with E-state index < -0.39 is 5.82 Å². The summed E-state index contributed by atoms with van der Waals surface area (Å²) in [6, 6.07) is 4.19. The van der Waals surface area contributed by atoms with E-state index in [1.54, 1.807) is 12.3 Å². The number of ether oxygens (including phenoxy) is 1. The zero-order valence-electron chi connectivity index (χ0n) is 14.1. The van der Waals surface area contributed by atoms with Gasteiger partial charge >= 0.3 is 0 Å². The number of anilines is 3. The van der Waals surface area contributed by atoms with Gasteiger partial charge in [0.25, 0.3) is 0 Å². The van der Waals surface area contributed by atoms with Gasteiger partial charge < -0.3 is 20.4 Å². The molecule has 1 aromatic carbocycles. The number of rotatable bonds is 4. The van der Waals surface area contributed by atoms with Gasteiger partial charge in [-0.05, 0) is 38.0 Å². The van der Waals surface area contributed by atoms with E-state index in [4.69, 9.17) is 16.3 Å². The molecule has 26 heavy (non-hydrogen) atoms. The lowest BCUT2D eigenvalue weighted by Gasteiger charge is -2.34. The van der Waals surface area contributed by atoms with E-state index in [0.717, 1.165) is 26.1 Å². The van der Waals surface area contributed by atoms with Crippen LogP contribution in [0.1, 0.15) is 19.8 Å². The Kier molecular flexibility index (Phi) is 4.37. The lowest BCUT2D eigenvalue weighted by molar-refractivity contribution is 0.0656. The first kappa shape index (κ1) is 17.0. The predicted octanol–water partition coefficient (Wildman–Crippen LogP) is 3.87. The molecule has 7 nitrogen and oxygen atoms in total. The Labute approximate surface area is 154 Å². The highest BCUT2D eigenvalue weighted by Crippen LogP contribution is 2.25. The van der Waals surface area contributed by atoms with Crippen LogP contribution in [0.4, 0.5) is 22.0 Å². The first-order valence-electron chi connectivity index (χ1n) is 8.31. The van der Waals surface area contributed by atoms with Gasteiger partial charge in [-0.1, -0.05) is 11.6 Å². The topological polar surface area (TPSA) is 87.8 Å². The van der Waals surface area contributed by atoms with Crippen molar-refractivity contribution in [3.8, 4) is 0 Å². The fraction of sp³-hybridized carbons (Fsp3) is 0.353. The fourth-order valence-electron chi connectivity index (χ4n) is 2.91. The molecule has 3 aromatic rings. The number of benzene rings is 1. The summed E-state index contributed by atoms with van der Waals surface area (Å²) in [5.74, 6) is 0.534. The minimum absolute atomic E-state index is 0.0956. The van der Waals surface area contributed by atoms with Crippen LogP contribution in [-0.4, -0.2) is 38.7 Å². The summed E-state index contributed by atoms with van der Waals surface area (Å²) in [4.78, 5) is 16.3. The van der Waals surface area contributed by atoms with E-state index in [1.165, 1.54) is 12.1 Å². The standard InChI is InChI=1S/C17H18ClFN6O/c1-17(2-4-26-5-3-17)25-15-20-9-13-14(23-15)24-16(22-13)21-12-7-10(18)6-11(19)8-12/h6-9H,2-5H2,1H3,(H3,20,21,22,23,24,25). The van der Waals surface area contributed by atoms with Gasteiger partial charge in [-0.2, -0.15) is 9.97 Å². The first-order valence-corrected chi connectivity index (χ1v) is 8.69. The minimum Gasteiger partial charge on any atom is -0.381 e. The zero-order chi connectivity index (χ0) is 18.1. The molecule has 0 unspecified atom stereocenters. The Morgan fingerprint density at radius 2 is 2.04 bits per heavy atom. The summed E-state index contributed by atoms with van der Waals surface area (Å²) in [6.45, 7) is 3.57. The Morgan fingerprint density at radius 3 is 2.81 bits per heavy atom. The van der Waals surface area contributed by atoms with Crippen LogP contribution >= 0.6 is 11.6 Å². The van der Waals surface area contributed by atoms with Crippen LogP contribution in [0.25, 0.3) is 11.2 Å². The molecule has 1 saturated heterocycles. The molecule has 3 N–H and O–H groups in total. The number of aromatic nitrogens is 4. The average Bonchev–Trinajstić information content (AvgIpc) is 2.95. The lowest BCUT2D eigenvalue weighted by Crippen LogP contribution is -2.41. The smallest absolute Gasteiger partial charge is 0.225 e. The van der Waals surface area contributed by atoms with Gasteiger partial charge in [-0.25, -0.2) is 9.37 Å². The Bertz CT molecular complexity index is 920. The van der Waals surface area contributed by atoms with Crippen molar-refractivity contribution in [1.29, 1.82) is 0 Å². The maximum absolute atomic E-state index is 13.5. The number of hydrogen-bond acceptors (Lipinski definition) is 6. The Hall–Kier alpha value is -2.45. The maximum Gasteiger partial charge on any atom is 0.225 e. The molecular weight excluding hydrogens is 359 g/mol. The third kappa shape index (κ3) is 3.71. The highest BCUT2D eigenvalue weighted by Gasteiger charge is 2.28. The van der Waals surface area contributed by atoms with Gasteiger partial charge in [0.1, 0.15) is 11.3 Å². The second-order valence-corrected chi connectivity index (χ2v) is 7.03. The van der Waals surface area contributed by atoms with Crippen molar-refractivity contribution in [2.45, 2.75) is 25.3 Å². The van der Waals surface area contributed by atoms with E-state index >= 15 is 0 Å². The quantitative estimate of drug-likeness (QED) is 0.640. The summed E-state index contributed by atoms with van der Waals surface area (Å²) in [6.07, 6.45) is 3.45.